The van der Waals surface area contributed by atoms with Gasteiger partial charge >= 0.3 is 0 Å². The number of benzene rings is 2. The van der Waals surface area contributed by atoms with Gasteiger partial charge < -0.3 is 14.6 Å². The molecule has 0 bridgehead atoms. The molecule has 1 aromatic heterocycles. The number of amides is 1. The van der Waals surface area contributed by atoms with Crippen LogP contribution in [0.15, 0.2) is 47.0 Å². The second-order valence-electron chi connectivity index (χ2n) is 8.67. The summed E-state index contributed by atoms with van der Waals surface area (Å²) < 4.78 is 11.3. The van der Waals surface area contributed by atoms with Gasteiger partial charge in [0.25, 0.3) is 0 Å². The fourth-order valence-corrected chi connectivity index (χ4v) is 4.47. The molecule has 1 unspecified atom stereocenters. The molecule has 1 aliphatic heterocycles. The molecule has 0 spiro atoms. The standard InChI is InChI=1S/C25H28Cl2N4O3/c1-16-5-3-4-6-22(16)33-15-17(2)28-25(32)18-9-11-31(12-10-18)14-23-29-24(30-34-23)20-8-7-19(26)13-21(20)27/h3-8,13,17-18H,9-12,14-15H2,1-2H3,(H,28,32). The molecule has 1 N–H and O–H groups in total. The van der Waals surface area contributed by atoms with Crippen LogP contribution in [0.2, 0.25) is 10.0 Å². The predicted octanol–water partition coefficient (Wildman–Crippen LogP) is 5.15. The van der Waals surface area contributed by atoms with Crippen LogP contribution in [0.4, 0.5) is 0 Å². The molecule has 0 aliphatic carbocycles. The predicted molar refractivity (Wildman–Crippen MR) is 132 cm³/mol. The summed E-state index contributed by atoms with van der Waals surface area (Å²) in [6, 6.07) is 13.0. The fourth-order valence-electron chi connectivity index (χ4n) is 3.98. The fraction of sp³-hybridized carbons (Fsp3) is 0.400. The molecule has 7 nitrogen and oxygen atoms in total. The topological polar surface area (TPSA) is 80.5 Å². The Kier molecular flexibility index (Phi) is 8.08. The zero-order valence-electron chi connectivity index (χ0n) is 19.3. The van der Waals surface area contributed by atoms with Crippen LogP contribution in [0.5, 0.6) is 5.75 Å². The Bertz CT molecular complexity index is 1130. The number of likely N-dealkylation sites (tertiary alicyclic amines) is 1. The van der Waals surface area contributed by atoms with Crippen LogP contribution in [-0.2, 0) is 11.3 Å². The Morgan fingerprint density at radius 2 is 2.00 bits per heavy atom. The highest BCUT2D eigenvalue weighted by atomic mass is 35.5. The van der Waals surface area contributed by atoms with E-state index in [9.17, 15) is 4.79 Å². The highest BCUT2D eigenvalue weighted by Crippen LogP contribution is 2.29. The molecule has 3 aromatic rings. The van der Waals surface area contributed by atoms with Crippen molar-refractivity contribution in [3.05, 3.63) is 64.0 Å². The van der Waals surface area contributed by atoms with E-state index < -0.39 is 0 Å². The molecule has 2 aromatic carbocycles. The van der Waals surface area contributed by atoms with Crippen molar-refractivity contribution in [2.45, 2.75) is 39.3 Å². The molecular formula is C25H28Cl2N4O3. The first-order chi connectivity index (χ1) is 16.4. The molecule has 0 radical (unpaired) electrons. The van der Waals surface area contributed by atoms with Crippen molar-refractivity contribution in [3.63, 3.8) is 0 Å². The number of nitrogens with one attached hydrogen (secondary N) is 1. The number of rotatable bonds is 8. The van der Waals surface area contributed by atoms with Crippen molar-refractivity contribution < 1.29 is 14.1 Å². The van der Waals surface area contributed by atoms with Gasteiger partial charge in [0, 0.05) is 16.5 Å². The average molecular weight is 503 g/mol. The zero-order chi connectivity index (χ0) is 24.1. The second kappa shape index (κ2) is 11.2. The first-order valence-corrected chi connectivity index (χ1v) is 12.1. The minimum absolute atomic E-state index is 0.0109. The Hall–Kier alpha value is -2.61. The van der Waals surface area contributed by atoms with Crippen molar-refractivity contribution in [3.8, 4) is 17.1 Å². The van der Waals surface area contributed by atoms with Crippen LogP contribution >= 0.6 is 23.2 Å². The van der Waals surface area contributed by atoms with E-state index in [-0.39, 0.29) is 17.9 Å². The van der Waals surface area contributed by atoms with Crippen molar-refractivity contribution in [1.29, 1.82) is 0 Å². The summed E-state index contributed by atoms with van der Waals surface area (Å²) in [5.41, 5.74) is 1.76. The van der Waals surface area contributed by atoms with Gasteiger partial charge in [0.15, 0.2) is 0 Å². The summed E-state index contributed by atoms with van der Waals surface area (Å²) in [6.45, 7) is 6.51. The van der Waals surface area contributed by atoms with Crippen LogP contribution in [0.25, 0.3) is 11.4 Å². The minimum Gasteiger partial charge on any atom is -0.491 e. The van der Waals surface area contributed by atoms with Crippen molar-refractivity contribution >= 4 is 29.1 Å². The maximum Gasteiger partial charge on any atom is 0.241 e. The molecule has 34 heavy (non-hydrogen) atoms. The van der Waals surface area contributed by atoms with Crippen LogP contribution in [0.1, 0.15) is 31.2 Å². The van der Waals surface area contributed by atoms with E-state index in [4.69, 9.17) is 32.5 Å². The quantitative estimate of drug-likeness (QED) is 0.458. The van der Waals surface area contributed by atoms with E-state index in [1.807, 2.05) is 38.1 Å². The summed E-state index contributed by atoms with van der Waals surface area (Å²) >= 11 is 12.2. The zero-order valence-corrected chi connectivity index (χ0v) is 20.8. The minimum atomic E-state index is -0.0679. The van der Waals surface area contributed by atoms with E-state index in [1.54, 1.807) is 18.2 Å². The van der Waals surface area contributed by atoms with Crippen molar-refractivity contribution in [2.75, 3.05) is 19.7 Å². The molecule has 0 saturated carbocycles. The number of para-hydroxylation sites is 1. The van der Waals surface area contributed by atoms with Gasteiger partial charge in [-0.25, -0.2) is 0 Å². The van der Waals surface area contributed by atoms with Gasteiger partial charge in [0.1, 0.15) is 12.4 Å². The summed E-state index contributed by atoms with van der Waals surface area (Å²) in [6.07, 6.45) is 1.56. The van der Waals surface area contributed by atoms with Crippen LogP contribution in [0, 0.1) is 12.8 Å². The van der Waals surface area contributed by atoms with Gasteiger partial charge in [-0.3, -0.25) is 9.69 Å². The lowest BCUT2D eigenvalue weighted by atomic mass is 9.95. The van der Waals surface area contributed by atoms with E-state index in [2.05, 4.69) is 20.4 Å². The van der Waals surface area contributed by atoms with Gasteiger partial charge in [0.2, 0.25) is 17.6 Å². The van der Waals surface area contributed by atoms with E-state index >= 15 is 0 Å². The molecule has 2 heterocycles. The summed E-state index contributed by atoms with van der Waals surface area (Å²) in [5.74, 6) is 1.87. The van der Waals surface area contributed by atoms with Crippen LogP contribution < -0.4 is 10.1 Å². The Morgan fingerprint density at radius 1 is 1.24 bits per heavy atom. The third kappa shape index (κ3) is 6.29. The molecule has 1 aliphatic rings. The number of halogens is 2. The number of carbonyl (C=O) groups excluding carboxylic acids is 1. The maximum atomic E-state index is 12.7. The first-order valence-electron chi connectivity index (χ1n) is 11.4. The molecule has 1 amide bonds. The lowest BCUT2D eigenvalue weighted by Gasteiger charge is -2.30. The SMILES string of the molecule is Cc1ccccc1OCC(C)NC(=O)C1CCN(Cc2nc(-c3ccc(Cl)cc3Cl)no2)CC1. The Morgan fingerprint density at radius 3 is 2.74 bits per heavy atom. The van der Waals surface area contributed by atoms with Gasteiger partial charge in [-0.1, -0.05) is 46.6 Å². The van der Waals surface area contributed by atoms with E-state index in [1.165, 1.54) is 0 Å². The summed E-state index contributed by atoms with van der Waals surface area (Å²) in [5, 5.41) is 8.17. The lowest BCUT2D eigenvalue weighted by Crippen LogP contribution is -2.44. The van der Waals surface area contributed by atoms with Crippen molar-refractivity contribution in [2.24, 2.45) is 5.92 Å². The number of aromatic nitrogens is 2. The summed E-state index contributed by atoms with van der Waals surface area (Å²) in [4.78, 5) is 19.4. The normalized spacial score (nSPS) is 15.8. The maximum absolute atomic E-state index is 12.7. The van der Waals surface area contributed by atoms with Gasteiger partial charge in [-0.05, 0) is 69.6 Å². The van der Waals surface area contributed by atoms with E-state index in [0.29, 0.717) is 40.5 Å². The molecule has 1 fully saturated rings. The first kappa shape index (κ1) is 24.5. The van der Waals surface area contributed by atoms with Gasteiger partial charge in [0.05, 0.1) is 17.6 Å². The lowest BCUT2D eigenvalue weighted by molar-refractivity contribution is -0.127. The smallest absolute Gasteiger partial charge is 0.241 e. The van der Waals surface area contributed by atoms with Crippen LogP contribution in [-0.4, -0.2) is 46.7 Å². The van der Waals surface area contributed by atoms with Gasteiger partial charge in [-0.2, -0.15) is 4.98 Å². The van der Waals surface area contributed by atoms with Gasteiger partial charge in [-0.15, -0.1) is 0 Å². The molecular weight excluding hydrogens is 475 g/mol. The number of nitrogens with zero attached hydrogens (tertiary/aromatic N) is 3. The van der Waals surface area contributed by atoms with E-state index in [0.717, 1.165) is 37.2 Å². The third-order valence-corrected chi connectivity index (χ3v) is 6.48. The highest BCUT2D eigenvalue weighted by molar-refractivity contribution is 6.36. The number of aryl methyl sites for hydroxylation is 1. The number of hydrogen-bond donors (Lipinski definition) is 1. The van der Waals surface area contributed by atoms with Crippen LogP contribution in [0.3, 0.4) is 0 Å². The number of piperidine rings is 1. The molecule has 1 atom stereocenters. The average Bonchev–Trinajstić information content (AvgIpc) is 3.27. The Balaban J connectivity index is 1.22. The number of ether oxygens (including phenoxy) is 1. The molecule has 4 rings (SSSR count). The highest BCUT2D eigenvalue weighted by Gasteiger charge is 2.27. The molecule has 1 saturated heterocycles. The number of hydrogen-bond acceptors (Lipinski definition) is 6. The summed E-state index contributed by atoms with van der Waals surface area (Å²) in [7, 11) is 0. The Labute approximate surface area is 209 Å². The monoisotopic (exact) mass is 502 g/mol. The number of carbonyl (C=O) groups is 1. The third-order valence-electron chi connectivity index (χ3n) is 5.93. The molecule has 180 valence electrons. The second-order valence-corrected chi connectivity index (χ2v) is 9.52. The molecule has 9 heteroatoms. The largest absolute Gasteiger partial charge is 0.491 e. The van der Waals surface area contributed by atoms with Crippen molar-refractivity contribution in [1.82, 2.24) is 20.4 Å².